The van der Waals surface area contributed by atoms with E-state index in [4.69, 9.17) is 0 Å². The molecule has 7 heteroatoms. The van der Waals surface area contributed by atoms with E-state index in [9.17, 15) is 9.90 Å². The molecule has 128 valence electrons. The monoisotopic (exact) mass is 354 g/mol. The predicted molar refractivity (Wildman–Crippen MR) is 96.2 cm³/mol. The molecule has 1 atom stereocenters. The second-order valence-electron chi connectivity index (χ2n) is 5.58. The third-order valence-electron chi connectivity index (χ3n) is 3.71. The lowest BCUT2D eigenvalue weighted by atomic mass is 10.1. The number of aliphatic hydroxyl groups is 1. The van der Waals surface area contributed by atoms with Crippen molar-refractivity contribution in [1.29, 1.82) is 0 Å². The lowest BCUT2D eigenvalue weighted by Crippen LogP contribution is -2.31. The van der Waals surface area contributed by atoms with E-state index in [2.05, 4.69) is 20.3 Å². The molecule has 3 heterocycles. The maximum atomic E-state index is 12.2. The van der Waals surface area contributed by atoms with Gasteiger partial charge in [-0.1, -0.05) is 6.07 Å². The van der Waals surface area contributed by atoms with Crippen LogP contribution in [0.15, 0.2) is 54.4 Å². The average molecular weight is 354 g/mol. The summed E-state index contributed by atoms with van der Waals surface area (Å²) >= 11 is 1.65. The first-order valence-corrected chi connectivity index (χ1v) is 8.78. The highest BCUT2D eigenvalue weighted by Crippen LogP contribution is 2.14. The summed E-state index contributed by atoms with van der Waals surface area (Å²) in [6.45, 7) is 0.423. The Kier molecular flexibility index (Phi) is 5.81. The molecule has 0 spiro atoms. The number of carbonyl (C=O) groups excluding carboxylic acids is 1. The Bertz CT molecular complexity index is 792. The molecule has 0 saturated heterocycles. The standard InChI is InChI=1S/C18H18N4O2S/c23-12-13(7-16-4-2-6-25-16)8-22-18(24)15-10-20-17(21-11-15)14-3-1-5-19-9-14/h1-6,9-11,13,23H,7-8,12H2,(H,22,24)/t13-/m1/s1. The van der Waals surface area contributed by atoms with Gasteiger partial charge in [-0.15, -0.1) is 11.3 Å². The molecule has 0 aromatic carbocycles. The molecular formula is C18H18N4O2S. The third kappa shape index (κ3) is 4.68. The van der Waals surface area contributed by atoms with Gasteiger partial charge in [-0.25, -0.2) is 9.97 Å². The van der Waals surface area contributed by atoms with Gasteiger partial charge in [-0.2, -0.15) is 0 Å². The van der Waals surface area contributed by atoms with Crippen LogP contribution in [-0.2, 0) is 6.42 Å². The molecule has 1 amide bonds. The van der Waals surface area contributed by atoms with Crippen molar-refractivity contribution in [3.05, 3.63) is 64.9 Å². The first kappa shape index (κ1) is 17.2. The normalized spacial score (nSPS) is 11.9. The van der Waals surface area contributed by atoms with Crippen molar-refractivity contribution in [3.8, 4) is 11.4 Å². The van der Waals surface area contributed by atoms with E-state index in [1.807, 2.05) is 29.6 Å². The van der Waals surface area contributed by atoms with Gasteiger partial charge >= 0.3 is 0 Å². The van der Waals surface area contributed by atoms with E-state index in [-0.39, 0.29) is 18.4 Å². The van der Waals surface area contributed by atoms with Gasteiger partial charge < -0.3 is 10.4 Å². The van der Waals surface area contributed by atoms with Crippen molar-refractivity contribution in [2.24, 2.45) is 5.92 Å². The first-order valence-electron chi connectivity index (χ1n) is 7.90. The van der Waals surface area contributed by atoms with Gasteiger partial charge in [0.05, 0.1) is 5.56 Å². The number of carbonyl (C=O) groups is 1. The zero-order valence-electron chi connectivity index (χ0n) is 13.5. The Balaban J connectivity index is 1.57. The highest BCUT2D eigenvalue weighted by atomic mass is 32.1. The highest BCUT2D eigenvalue weighted by Gasteiger charge is 2.13. The zero-order chi connectivity index (χ0) is 17.5. The molecule has 3 aromatic heterocycles. The van der Waals surface area contributed by atoms with Crippen LogP contribution in [0.25, 0.3) is 11.4 Å². The number of pyridine rings is 1. The Morgan fingerprint density at radius 1 is 1.20 bits per heavy atom. The summed E-state index contributed by atoms with van der Waals surface area (Å²) in [6.07, 6.45) is 7.09. The highest BCUT2D eigenvalue weighted by molar-refractivity contribution is 7.09. The van der Waals surface area contributed by atoms with E-state index in [1.54, 1.807) is 23.7 Å². The van der Waals surface area contributed by atoms with Crippen LogP contribution in [0.5, 0.6) is 0 Å². The molecule has 2 N–H and O–H groups in total. The van der Waals surface area contributed by atoms with E-state index < -0.39 is 0 Å². The second-order valence-corrected chi connectivity index (χ2v) is 6.61. The van der Waals surface area contributed by atoms with Crippen molar-refractivity contribution in [2.45, 2.75) is 6.42 Å². The summed E-state index contributed by atoms with van der Waals surface area (Å²) in [5.41, 5.74) is 1.19. The molecule has 3 rings (SSSR count). The van der Waals surface area contributed by atoms with Crippen LogP contribution in [0.3, 0.4) is 0 Å². The molecule has 0 unspecified atom stereocenters. The Hall–Kier alpha value is -2.64. The fourth-order valence-corrected chi connectivity index (χ4v) is 3.16. The van der Waals surface area contributed by atoms with Gasteiger partial charge in [-0.05, 0) is 30.0 Å². The fourth-order valence-electron chi connectivity index (χ4n) is 2.34. The van der Waals surface area contributed by atoms with Crippen LogP contribution in [0.4, 0.5) is 0 Å². The maximum Gasteiger partial charge on any atom is 0.254 e. The van der Waals surface area contributed by atoms with Gasteiger partial charge in [0.2, 0.25) is 0 Å². The number of aliphatic hydroxyl groups excluding tert-OH is 1. The van der Waals surface area contributed by atoms with Crippen LogP contribution < -0.4 is 5.32 Å². The van der Waals surface area contributed by atoms with Gasteiger partial charge in [0.25, 0.3) is 5.91 Å². The van der Waals surface area contributed by atoms with E-state index in [0.717, 1.165) is 12.0 Å². The van der Waals surface area contributed by atoms with Gasteiger partial charge in [0.15, 0.2) is 5.82 Å². The summed E-state index contributed by atoms with van der Waals surface area (Å²) in [7, 11) is 0. The molecule has 0 aliphatic heterocycles. The minimum absolute atomic E-state index is 0.0156. The smallest absolute Gasteiger partial charge is 0.254 e. The predicted octanol–water partition coefficient (Wildman–Crippen LogP) is 2.18. The van der Waals surface area contributed by atoms with Crippen molar-refractivity contribution in [2.75, 3.05) is 13.2 Å². The van der Waals surface area contributed by atoms with Crippen LogP contribution in [0, 0.1) is 5.92 Å². The number of amides is 1. The van der Waals surface area contributed by atoms with Crippen molar-refractivity contribution in [1.82, 2.24) is 20.3 Å². The molecule has 3 aromatic rings. The molecule has 0 saturated carbocycles. The molecule has 0 aliphatic rings. The van der Waals surface area contributed by atoms with Crippen LogP contribution in [0.2, 0.25) is 0 Å². The zero-order valence-corrected chi connectivity index (χ0v) is 14.3. The maximum absolute atomic E-state index is 12.2. The summed E-state index contributed by atoms with van der Waals surface area (Å²) in [5, 5.41) is 14.3. The summed E-state index contributed by atoms with van der Waals surface area (Å²) in [6, 6.07) is 7.68. The van der Waals surface area contributed by atoms with Crippen LogP contribution >= 0.6 is 11.3 Å². The number of thiophene rings is 1. The van der Waals surface area contributed by atoms with Crippen molar-refractivity contribution >= 4 is 17.2 Å². The van der Waals surface area contributed by atoms with E-state index >= 15 is 0 Å². The molecule has 0 radical (unpaired) electrons. The second kappa shape index (κ2) is 8.46. The summed E-state index contributed by atoms with van der Waals surface area (Å²) in [4.78, 5) is 25.9. The van der Waals surface area contributed by atoms with E-state index in [0.29, 0.717) is 17.9 Å². The Labute approximate surface area is 149 Å². The van der Waals surface area contributed by atoms with Gasteiger partial charge in [0.1, 0.15) is 0 Å². The number of nitrogens with one attached hydrogen (secondary N) is 1. The first-order chi connectivity index (χ1) is 12.3. The lowest BCUT2D eigenvalue weighted by molar-refractivity contribution is 0.0939. The average Bonchev–Trinajstić information content (AvgIpc) is 3.19. The molecule has 25 heavy (non-hydrogen) atoms. The minimum Gasteiger partial charge on any atom is -0.396 e. The molecular weight excluding hydrogens is 336 g/mol. The quantitative estimate of drug-likeness (QED) is 0.679. The van der Waals surface area contributed by atoms with Crippen LogP contribution in [-0.4, -0.2) is 39.1 Å². The Morgan fingerprint density at radius 3 is 2.68 bits per heavy atom. The number of aromatic nitrogens is 3. The summed E-state index contributed by atoms with van der Waals surface area (Å²) < 4.78 is 0. The third-order valence-corrected chi connectivity index (χ3v) is 4.61. The molecule has 0 bridgehead atoms. The van der Waals surface area contributed by atoms with Crippen molar-refractivity contribution < 1.29 is 9.90 Å². The van der Waals surface area contributed by atoms with Crippen LogP contribution in [0.1, 0.15) is 15.2 Å². The summed E-state index contributed by atoms with van der Waals surface area (Å²) in [5.74, 6) is 0.260. The number of rotatable bonds is 7. The number of nitrogens with zero attached hydrogens (tertiary/aromatic N) is 3. The van der Waals surface area contributed by atoms with E-state index in [1.165, 1.54) is 17.3 Å². The molecule has 0 aliphatic carbocycles. The SMILES string of the molecule is O=C(NC[C@H](CO)Cc1cccs1)c1cnc(-c2cccnc2)nc1. The molecule has 0 fully saturated rings. The topological polar surface area (TPSA) is 88.0 Å². The largest absolute Gasteiger partial charge is 0.396 e. The number of hydrogen-bond acceptors (Lipinski definition) is 6. The van der Waals surface area contributed by atoms with Gasteiger partial charge in [0, 0.05) is 54.3 Å². The minimum atomic E-state index is -0.248. The Morgan fingerprint density at radius 2 is 2.04 bits per heavy atom. The lowest BCUT2D eigenvalue weighted by Gasteiger charge is -2.14. The van der Waals surface area contributed by atoms with Crippen molar-refractivity contribution in [3.63, 3.8) is 0 Å². The molecule has 6 nitrogen and oxygen atoms in total. The fraction of sp³-hybridized carbons (Fsp3) is 0.222. The number of hydrogen-bond donors (Lipinski definition) is 2. The van der Waals surface area contributed by atoms with Gasteiger partial charge in [-0.3, -0.25) is 9.78 Å².